The standard InChI is InChI=1S/C34H46N4.4BF4/c1-5-7-9-11-23-37-25-17-29(18-26-37)33-31(15-13-21-35(33)3)32-16-14-22-36(4)34(32)30-19-27-38(28-20-30)24-12-10-8-6-2;4*2-1(3,4)5/h13-22,25-28H,5-12,23-24H2,1-4H3;;;;/q+4;4*-1. The maximum Gasteiger partial charge on any atom is 0.673 e. The fourth-order valence-electron chi connectivity index (χ4n) is 5.35. The molecular weight excluding hydrogens is 812 g/mol. The number of halogens is 16. The van der Waals surface area contributed by atoms with Crippen LogP contribution in [0.1, 0.15) is 65.2 Å². The van der Waals surface area contributed by atoms with Gasteiger partial charge in [0.15, 0.2) is 37.2 Å². The first-order valence-electron chi connectivity index (χ1n) is 18.1. The van der Waals surface area contributed by atoms with Crippen molar-refractivity contribution in [1.29, 1.82) is 0 Å². The molecule has 4 aromatic heterocycles. The Hall–Kier alpha value is -4.26. The van der Waals surface area contributed by atoms with Gasteiger partial charge in [0.05, 0.1) is 22.3 Å². The second-order valence-electron chi connectivity index (χ2n) is 12.5. The molecule has 0 amide bonds. The van der Waals surface area contributed by atoms with Crippen LogP contribution in [0.25, 0.3) is 33.6 Å². The minimum Gasteiger partial charge on any atom is -0.418 e. The first-order valence-corrected chi connectivity index (χ1v) is 18.1. The van der Waals surface area contributed by atoms with Crippen LogP contribution in [0.4, 0.5) is 69.1 Å². The van der Waals surface area contributed by atoms with Crippen LogP contribution in [0.15, 0.2) is 85.7 Å². The van der Waals surface area contributed by atoms with Crippen molar-refractivity contribution in [3.05, 3.63) is 85.7 Å². The average Bonchev–Trinajstić information content (AvgIpc) is 3.06. The molecule has 0 aliphatic rings. The number of hydrogen-bond donors (Lipinski definition) is 0. The fraction of sp³-hybridized carbons (Fsp3) is 0.412. The Kier molecular flexibility index (Phi) is 24.1. The average molecular weight is 858 g/mol. The Balaban J connectivity index is 0.00000134. The lowest BCUT2D eigenvalue weighted by Gasteiger charge is -2.10. The topological polar surface area (TPSA) is 15.5 Å². The number of nitrogens with zero attached hydrogens (tertiary/aromatic N) is 4. The minimum atomic E-state index is -6.00. The second kappa shape index (κ2) is 26.0. The highest BCUT2D eigenvalue weighted by molar-refractivity contribution is 6.51. The molecule has 0 aliphatic carbocycles. The van der Waals surface area contributed by atoms with Gasteiger partial charge in [-0.15, -0.1) is 0 Å². The van der Waals surface area contributed by atoms with E-state index in [1.54, 1.807) is 0 Å². The Morgan fingerprint density at radius 1 is 0.379 bits per heavy atom. The van der Waals surface area contributed by atoms with E-state index in [9.17, 15) is 69.1 Å². The van der Waals surface area contributed by atoms with Crippen LogP contribution in [0.2, 0.25) is 0 Å². The lowest BCUT2D eigenvalue weighted by atomic mass is 9.95. The molecule has 0 aliphatic heterocycles. The molecule has 24 heteroatoms. The van der Waals surface area contributed by atoms with Gasteiger partial charge >= 0.3 is 29.0 Å². The Morgan fingerprint density at radius 3 is 0.879 bits per heavy atom. The quantitative estimate of drug-likeness (QED) is 0.0551. The molecule has 4 heterocycles. The summed E-state index contributed by atoms with van der Waals surface area (Å²) in [5.74, 6) is 0. The van der Waals surface area contributed by atoms with Crippen LogP contribution in [-0.4, -0.2) is 29.0 Å². The van der Waals surface area contributed by atoms with E-state index in [1.165, 1.54) is 85.0 Å². The molecule has 0 atom stereocenters. The van der Waals surface area contributed by atoms with Gasteiger partial charge in [-0.25, -0.2) is 18.3 Å². The molecule has 4 aromatic rings. The number of aromatic nitrogens is 4. The summed E-state index contributed by atoms with van der Waals surface area (Å²) in [6.07, 6.45) is 23.5. The number of rotatable bonds is 13. The molecule has 0 N–H and O–H groups in total. The normalized spacial score (nSPS) is 11.4. The van der Waals surface area contributed by atoms with Gasteiger partial charge in [-0.2, -0.15) is 0 Å². The van der Waals surface area contributed by atoms with Gasteiger partial charge in [-0.05, 0) is 25.0 Å². The summed E-state index contributed by atoms with van der Waals surface area (Å²) in [6, 6.07) is 17.9. The van der Waals surface area contributed by atoms with Gasteiger partial charge in [0.25, 0.3) is 0 Å². The summed E-state index contributed by atoms with van der Waals surface area (Å²) in [5.41, 5.74) is 7.45. The Bertz CT molecular complexity index is 1550. The molecule has 0 radical (unpaired) electrons. The monoisotopic (exact) mass is 858 g/mol. The van der Waals surface area contributed by atoms with Crippen molar-refractivity contribution in [3.8, 4) is 33.6 Å². The third kappa shape index (κ3) is 29.0. The van der Waals surface area contributed by atoms with E-state index in [2.05, 4.69) is 132 Å². The van der Waals surface area contributed by atoms with Crippen LogP contribution in [0, 0.1) is 0 Å². The van der Waals surface area contributed by atoms with Crippen molar-refractivity contribution in [1.82, 2.24) is 0 Å². The number of unbranched alkanes of at least 4 members (excludes halogenated alkanes) is 6. The van der Waals surface area contributed by atoms with Gasteiger partial charge in [0, 0.05) is 49.2 Å². The summed E-state index contributed by atoms with van der Waals surface area (Å²) in [4.78, 5) is 0. The van der Waals surface area contributed by atoms with Crippen molar-refractivity contribution in [3.63, 3.8) is 0 Å². The first kappa shape index (κ1) is 53.7. The van der Waals surface area contributed by atoms with Crippen molar-refractivity contribution in [2.75, 3.05) is 0 Å². The van der Waals surface area contributed by atoms with Gasteiger partial charge in [0.1, 0.15) is 27.2 Å². The third-order valence-electron chi connectivity index (χ3n) is 7.52. The third-order valence-corrected chi connectivity index (χ3v) is 7.52. The molecule has 0 aromatic carbocycles. The molecule has 326 valence electrons. The van der Waals surface area contributed by atoms with E-state index in [4.69, 9.17) is 0 Å². The van der Waals surface area contributed by atoms with Gasteiger partial charge < -0.3 is 69.1 Å². The van der Waals surface area contributed by atoms with E-state index in [-0.39, 0.29) is 0 Å². The largest absolute Gasteiger partial charge is 0.673 e. The number of hydrogen-bond acceptors (Lipinski definition) is 0. The number of pyridine rings is 4. The van der Waals surface area contributed by atoms with Gasteiger partial charge in [-0.1, -0.05) is 39.5 Å². The molecule has 0 saturated carbocycles. The van der Waals surface area contributed by atoms with Gasteiger partial charge in [-0.3, -0.25) is 0 Å². The zero-order valence-corrected chi connectivity index (χ0v) is 32.3. The lowest BCUT2D eigenvalue weighted by Crippen LogP contribution is -2.35. The molecule has 0 saturated heterocycles. The molecule has 4 nitrogen and oxygen atoms in total. The zero-order chi connectivity index (χ0) is 44.7. The maximum absolute atomic E-state index is 9.75. The van der Waals surface area contributed by atoms with E-state index in [0.717, 1.165) is 13.1 Å². The molecule has 0 unspecified atom stereocenters. The predicted octanol–water partition coefficient (Wildman–Crippen LogP) is 11.3. The van der Waals surface area contributed by atoms with E-state index in [1.807, 2.05) is 0 Å². The number of aryl methyl sites for hydroxylation is 4. The summed E-state index contributed by atoms with van der Waals surface area (Å²) >= 11 is 0. The highest BCUT2D eigenvalue weighted by atomic mass is 19.5. The van der Waals surface area contributed by atoms with Crippen LogP contribution in [-0.2, 0) is 27.2 Å². The van der Waals surface area contributed by atoms with Crippen molar-refractivity contribution < 1.29 is 87.3 Å². The summed E-state index contributed by atoms with van der Waals surface area (Å²) in [7, 11) is -19.7. The van der Waals surface area contributed by atoms with Crippen molar-refractivity contribution in [2.24, 2.45) is 14.1 Å². The van der Waals surface area contributed by atoms with Crippen molar-refractivity contribution in [2.45, 2.75) is 78.3 Å². The fourth-order valence-corrected chi connectivity index (χ4v) is 5.35. The molecule has 0 spiro atoms. The minimum absolute atomic E-state index is 1.08. The van der Waals surface area contributed by atoms with E-state index < -0.39 is 29.0 Å². The lowest BCUT2D eigenvalue weighted by molar-refractivity contribution is -0.697. The van der Waals surface area contributed by atoms with Crippen LogP contribution >= 0.6 is 0 Å². The Labute approximate surface area is 328 Å². The van der Waals surface area contributed by atoms with E-state index in [0.29, 0.717) is 0 Å². The van der Waals surface area contributed by atoms with Gasteiger partial charge in [0.2, 0.25) is 11.4 Å². The molecule has 58 heavy (non-hydrogen) atoms. The second-order valence-corrected chi connectivity index (χ2v) is 12.5. The summed E-state index contributed by atoms with van der Waals surface area (Å²) in [5, 5.41) is 0. The van der Waals surface area contributed by atoms with Crippen LogP contribution < -0.4 is 18.3 Å². The molecule has 4 rings (SSSR count). The van der Waals surface area contributed by atoms with Crippen LogP contribution in [0.5, 0.6) is 0 Å². The highest BCUT2D eigenvalue weighted by Gasteiger charge is 2.26. The first-order chi connectivity index (χ1) is 26.6. The molecular formula is C34H46B4F16N4. The van der Waals surface area contributed by atoms with E-state index >= 15 is 0 Å². The maximum atomic E-state index is 9.75. The highest BCUT2D eigenvalue weighted by Crippen LogP contribution is 2.34. The van der Waals surface area contributed by atoms with Crippen molar-refractivity contribution >= 4 is 29.0 Å². The molecule has 0 bridgehead atoms. The van der Waals surface area contributed by atoms with Crippen LogP contribution in [0.3, 0.4) is 0 Å². The zero-order valence-electron chi connectivity index (χ0n) is 32.3. The SMILES string of the molecule is CCCCCC[n+]1ccc(-c2c(-c3ccc[n+](C)c3-c3cc[n+](CCCCCC)cc3)ccc[n+]2C)cc1.F[B-](F)(F)F.F[B-](F)(F)F.F[B-](F)(F)F.F[B-](F)(F)F. The summed E-state index contributed by atoms with van der Waals surface area (Å²) in [6.45, 7) is 6.70. The smallest absolute Gasteiger partial charge is 0.418 e. The summed E-state index contributed by atoms with van der Waals surface area (Å²) < 4.78 is 165. The predicted molar refractivity (Wildman–Crippen MR) is 195 cm³/mol. The molecule has 0 fully saturated rings. The Morgan fingerprint density at radius 2 is 0.638 bits per heavy atom.